The molecule has 0 saturated carbocycles. The molecule has 0 aliphatic carbocycles. The molecule has 38 nitrogen and oxygen atoms in total. The molecule has 10 atom stereocenters. The van der Waals surface area contributed by atoms with E-state index in [1.165, 1.54) is 0 Å². The van der Waals surface area contributed by atoms with Gasteiger partial charge in [0.05, 0.1) is 31.5 Å². The van der Waals surface area contributed by atoms with Crippen LogP contribution >= 0.6 is 0 Å². The third-order valence-electron chi connectivity index (χ3n) is 13.7. The number of carboxylic acid groups (broad SMARTS) is 3. The minimum Gasteiger partial charge on any atom is -0.481 e. The van der Waals surface area contributed by atoms with Gasteiger partial charge in [0.2, 0.25) is 59.1 Å². The normalized spacial score (nSPS) is 14.2. The number of aromatic nitrogens is 1. The highest BCUT2D eigenvalue weighted by molar-refractivity contribution is 6.00. The number of amides is 10. The molecule has 29 N–H and O–H groups in total. The Balaban J connectivity index is 2.38. The highest BCUT2D eigenvalue weighted by atomic mass is 16.4. The molecule has 1 aromatic carbocycles. The van der Waals surface area contributed by atoms with Crippen LogP contribution in [0.3, 0.4) is 0 Å². The van der Waals surface area contributed by atoms with Crippen LogP contribution in [-0.4, -0.2) is 213 Å². The molecule has 0 fully saturated rings. The number of hydrogen-bond acceptors (Lipinski definition) is 18. The number of para-hydroxylation sites is 1. The van der Waals surface area contributed by atoms with Crippen molar-refractivity contribution in [2.75, 3.05) is 32.7 Å². The van der Waals surface area contributed by atoms with Crippen LogP contribution in [0.2, 0.25) is 0 Å². The predicted molar refractivity (Wildman–Crippen MR) is 339 cm³/mol. The van der Waals surface area contributed by atoms with E-state index in [0.29, 0.717) is 22.9 Å². The Morgan fingerprint density at radius 3 is 1.41 bits per heavy atom. The van der Waals surface area contributed by atoms with Crippen LogP contribution in [0.25, 0.3) is 10.9 Å². The number of aliphatic carboxylic acids is 3. The van der Waals surface area contributed by atoms with E-state index >= 15 is 0 Å². The van der Waals surface area contributed by atoms with Gasteiger partial charge in [-0.2, -0.15) is 0 Å². The zero-order valence-electron chi connectivity index (χ0n) is 52.9. The van der Waals surface area contributed by atoms with Crippen LogP contribution < -0.4 is 93.3 Å². The molecule has 94 heavy (non-hydrogen) atoms. The van der Waals surface area contributed by atoms with E-state index in [1.54, 1.807) is 58.2 Å². The zero-order valence-corrected chi connectivity index (χ0v) is 52.9. The summed E-state index contributed by atoms with van der Waals surface area (Å²) in [7, 11) is 0. The van der Waals surface area contributed by atoms with E-state index in [4.69, 9.17) is 40.1 Å². The summed E-state index contributed by atoms with van der Waals surface area (Å²) >= 11 is 0. The summed E-state index contributed by atoms with van der Waals surface area (Å²) in [5.74, 6) is -17.0. The molecular formula is C56H91N21O17. The molecule has 0 spiro atoms. The van der Waals surface area contributed by atoms with Gasteiger partial charge in [0, 0.05) is 43.2 Å². The van der Waals surface area contributed by atoms with Gasteiger partial charge in [0.1, 0.15) is 54.9 Å². The molecule has 522 valence electrons. The van der Waals surface area contributed by atoms with Crippen molar-refractivity contribution in [2.24, 2.45) is 66.9 Å². The molecule has 38 heteroatoms. The van der Waals surface area contributed by atoms with Crippen LogP contribution in [-0.2, 0) is 68.7 Å². The number of aliphatic hydroxyl groups excluding tert-OH is 1. The van der Waals surface area contributed by atoms with E-state index in [9.17, 15) is 82.8 Å². The number of carbonyl (C=O) groups is 13. The van der Waals surface area contributed by atoms with Crippen molar-refractivity contribution in [3.63, 3.8) is 0 Å². The van der Waals surface area contributed by atoms with E-state index in [2.05, 4.69) is 73.1 Å². The number of H-pyrrole nitrogens is 1. The molecule has 10 amide bonds. The topological polar surface area (TPSA) is 658 Å². The van der Waals surface area contributed by atoms with Crippen LogP contribution in [0, 0.1) is 11.8 Å². The molecule has 2 rings (SSSR count). The maximum absolute atomic E-state index is 14.2. The number of aliphatic hydroxyl groups is 1. The second kappa shape index (κ2) is 40.5. The fourth-order valence-corrected chi connectivity index (χ4v) is 9.01. The zero-order chi connectivity index (χ0) is 70.9. The standard InChI is InChI=1S/C56H91N21O17/c1-26(2)19-35(75-52(93)43(27(3)4)76-45(86)31(57)12-8-16-64-54(58)59)50(91)74-37(21-40(80)81)47(88)68-24-39(79)70-38(22-41(82)83)51(92)71-34(15-10-18-66-56(62)63)49(90)77-44(28(5)78)53(94)72-33(14-9-17-65-55(60)61)48(89)73-36(46(87)69-25-42(84)85)20-29-23-67-32-13-7-6-11-30(29)32/h6-7,11,13,23,26-28,31,33-38,43-44,67,78H,8-10,12,14-22,24-25,57H2,1-5H3,(H,68,88)(H,69,87)(H,70,79)(H,71,92)(H,72,94)(H,73,89)(H,74,91)(H,75,93)(H,76,86)(H,77,90)(H,80,81)(H,82,83)(H,84,85)(H4,58,59,64)(H4,60,61,65)(H4,62,63,66)/t28-,31+,33+,34+,35+,36+,37+,38+,43+,44+/m1/s1. The van der Waals surface area contributed by atoms with Crippen LogP contribution in [0.1, 0.15) is 98.0 Å². The van der Waals surface area contributed by atoms with Crippen LogP contribution in [0.15, 0.2) is 45.4 Å². The summed E-state index contributed by atoms with van der Waals surface area (Å²) in [6.07, 6.45) is -2.83. The molecule has 1 aromatic heterocycles. The van der Waals surface area contributed by atoms with Crippen LogP contribution in [0.4, 0.5) is 0 Å². The Bertz CT molecular complexity index is 3050. The lowest BCUT2D eigenvalue weighted by Gasteiger charge is -2.28. The molecule has 2 aromatic rings. The van der Waals surface area contributed by atoms with Crippen molar-refractivity contribution >= 4 is 106 Å². The maximum Gasteiger partial charge on any atom is 0.322 e. The molecule has 0 aliphatic rings. The van der Waals surface area contributed by atoms with Gasteiger partial charge in [0.25, 0.3) is 0 Å². The lowest BCUT2D eigenvalue weighted by atomic mass is 9.99. The van der Waals surface area contributed by atoms with Gasteiger partial charge in [-0.1, -0.05) is 45.9 Å². The first-order valence-corrected chi connectivity index (χ1v) is 29.9. The summed E-state index contributed by atoms with van der Waals surface area (Å²) in [6.45, 7) is 5.77. The number of benzene rings is 1. The smallest absolute Gasteiger partial charge is 0.322 e. The van der Waals surface area contributed by atoms with Gasteiger partial charge in [-0.05, 0) is 75.3 Å². The first-order chi connectivity index (χ1) is 44.1. The van der Waals surface area contributed by atoms with Crippen molar-refractivity contribution in [3.8, 4) is 0 Å². The number of carbonyl (C=O) groups excluding carboxylic acids is 10. The maximum atomic E-state index is 14.2. The molecule has 0 aliphatic heterocycles. The Morgan fingerprint density at radius 2 is 0.904 bits per heavy atom. The first kappa shape index (κ1) is 79.7. The number of carboxylic acids is 3. The molecular weight excluding hydrogens is 1240 g/mol. The quantitative estimate of drug-likeness (QED) is 0.0167. The SMILES string of the molecule is CC(C)C[C@H](NC(=O)[C@@H](NC(=O)[C@@H](N)CCCN=C(N)N)C(C)C)C(=O)N[C@@H](CC(=O)O)C(=O)NCC(=O)N[C@@H](CC(=O)O)C(=O)N[C@@H](CCCN=C(N)N)C(=O)N[C@H](C(=O)N[C@@H](CCCN=C(N)N)C(=O)N[C@@H](Cc1c[nH]c2ccccc12)C(=O)NCC(=O)O)[C@@H](C)O. The molecule has 1 heterocycles. The Labute approximate surface area is 540 Å². The Kier molecular flexibility index (Phi) is 34.3. The monoisotopic (exact) mass is 1330 g/mol. The fraction of sp³-hybridized carbons (Fsp3) is 0.571. The molecule has 0 bridgehead atoms. The van der Waals surface area contributed by atoms with Gasteiger partial charge in [-0.25, -0.2) is 0 Å². The Morgan fingerprint density at radius 1 is 0.479 bits per heavy atom. The van der Waals surface area contributed by atoms with Gasteiger partial charge < -0.3 is 119 Å². The third-order valence-corrected chi connectivity index (χ3v) is 13.7. The number of aromatic amines is 1. The minimum atomic E-state index is -2.03. The van der Waals surface area contributed by atoms with E-state index < -0.39 is 169 Å². The number of hydrogen-bond donors (Lipinski definition) is 22. The number of aliphatic imine (C=N–C) groups is 3. The largest absolute Gasteiger partial charge is 0.481 e. The van der Waals surface area contributed by atoms with Crippen molar-refractivity contribution in [1.29, 1.82) is 0 Å². The minimum absolute atomic E-state index is 0.0171. The molecule has 0 saturated heterocycles. The van der Waals surface area contributed by atoms with E-state index in [-0.39, 0.29) is 88.4 Å². The highest BCUT2D eigenvalue weighted by Gasteiger charge is 2.37. The number of nitrogens with zero attached hydrogens (tertiary/aromatic N) is 3. The average molecular weight is 1330 g/mol. The average Bonchev–Trinajstić information content (AvgIpc) is 1.56. The van der Waals surface area contributed by atoms with Crippen molar-refractivity contribution in [3.05, 3.63) is 36.0 Å². The number of nitrogens with two attached hydrogens (primary N) is 7. The summed E-state index contributed by atoms with van der Waals surface area (Å²) in [5.41, 5.74) is 39.8. The number of rotatable bonds is 43. The fourth-order valence-electron chi connectivity index (χ4n) is 9.01. The molecule has 0 radical (unpaired) electrons. The summed E-state index contributed by atoms with van der Waals surface area (Å²) in [6, 6.07) is -7.37. The van der Waals surface area contributed by atoms with Gasteiger partial charge in [-0.3, -0.25) is 77.3 Å². The van der Waals surface area contributed by atoms with Crippen molar-refractivity contribution in [1.82, 2.24) is 58.2 Å². The number of fused-ring (bicyclic) bond motifs is 1. The van der Waals surface area contributed by atoms with E-state index in [0.717, 1.165) is 6.92 Å². The van der Waals surface area contributed by atoms with E-state index in [1.807, 2.05) is 0 Å². The second-order valence-corrected chi connectivity index (χ2v) is 22.6. The first-order valence-electron chi connectivity index (χ1n) is 29.9. The summed E-state index contributed by atoms with van der Waals surface area (Å²) < 4.78 is 0. The lowest BCUT2D eigenvalue weighted by Crippen LogP contribution is -2.61. The van der Waals surface area contributed by atoms with Gasteiger partial charge in [0.15, 0.2) is 17.9 Å². The number of nitrogens with one attached hydrogen (secondary N) is 11. The third kappa shape index (κ3) is 30.1. The molecule has 0 unspecified atom stereocenters. The predicted octanol–water partition coefficient (Wildman–Crippen LogP) is -7.57. The second-order valence-electron chi connectivity index (χ2n) is 22.6. The Hall–Kier alpha value is -10.4. The van der Waals surface area contributed by atoms with Gasteiger partial charge >= 0.3 is 17.9 Å². The highest BCUT2D eigenvalue weighted by Crippen LogP contribution is 2.20. The summed E-state index contributed by atoms with van der Waals surface area (Å²) in [5, 5.41) is 63.8. The van der Waals surface area contributed by atoms with Crippen molar-refractivity contribution < 1.29 is 82.8 Å². The number of guanidine groups is 3. The van der Waals surface area contributed by atoms with Gasteiger partial charge in [-0.15, -0.1) is 0 Å². The van der Waals surface area contributed by atoms with Crippen molar-refractivity contribution in [2.45, 2.75) is 159 Å². The summed E-state index contributed by atoms with van der Waals surface area (Å²) in [4.78, 5) is 187. The van der Waals surface area contributed by atoms with Crippen LogP contribution in [0.5, 0.6) is 0 Å². The lowest BCUT2D eigenvalue weighted by molar-refractivity contribution is -0.141.